The third-order valence-corrected chi connectivity index (χ3v) is 3.10. The summed E-state index contributed by atoms with van der Waals surface area (Å²) in [4.78, 5) is 26.8. The highest BCUT2D eigenvalue weighted by atomic mass is 32.1. The van der Waals surface area contributed by atoms with Gasteiger partial charge in [0.1, 0.15) is 6.04 Å². The fourth-order valence-corrected chi connectivity index (χ4v) is 2.01. The standard InChI is InChI=1S/C11H17N3O3S/c1-6-5-18-10(12-6)14-9(17)13-7(8(15)16)11(2,3)4/h5,7H,1-4H3,(H,15,16)(H2,12,13,14,17)/t7-/m1/s1. The van der Waals surface area contributed by atoms with E-state index in [9.17, 15) is 9.59 Å². The Labute approximate surface area is 109 Å². The molecule has 1 rings (SSSR count). The average molecular weight is 271 g/mol. The van der Waals surface area contributed by atoms with Gasteiger partial charge in [-0.15, -0.1) is 11.3 Å². The number of aryl methyl sites for hydroxylation is 1. The molecule has 0 aliphatic carbocycles. The summed E-state index contributed by atoms with van der Waals surface area (Å²) >= 11 is 1.29. The lowest BCUT2D eigenvalue weighted by atomic mass is 9.87. The van der Waals surface area contributed by atoms with Gasteiger partial charge in [-0.05, 0) is 12.3 Å². The first-order valence-electron chi connectivity index (χ1n) is 5.42. The molecule has 2 amide bonds. The normalized spacial score (nSPS) is 12.9. The molecule has 0 saturated carbocycles. The molecule has 0 unspecified atom stereocenters. The van der Waals surface area contributed by atoms with Crippen molar-refractivity contribution in [3.05, 3.63) is 11.1 Å². The van der Waals surface area contributed by atoms with Gasteiger partial charge >= 0.3 is 12.0 Å². The first-order valence-corrected chi connectivity index (χ1v) is 6.30. The number of amides is 2. The van der Waals surface area contributed by atoms with E-state index in [-0.39, 0.29) is 0 Å². The van der Waals surface area contributed by atoms with Crippen molar-refractivity contribution in [2.45, 2.75) is 33.7 Å². The summed E-state index contributed by atoms with van der Waals surface area (Å²) < 4.78 is 0. The maximum Gasteiger partial charge on any atom is 0.326 e. The summed E-state index contributed by atoms with van der Waals surface area (Å²) in [7, 11) is 0. The number of thiazole rings is 1. The van der Waals surface area contributed by atoms with Crippen LogP contribution in [0.2, 0.25) is 0 Å². The maximum atomic E-state index is 11.7. The van der Waals surface area contributed by atoms with E-state index in [1.807, 2.05) is 6.92 Å². The number of nitrogens with one attached hydrogen (secondary N) is 2. The van der Waals surface area contributed by atoms with Crippen LogP contribution in [0, 0.1) is 12.3 Å². The predicted octanol–water partition coefficient (Wildman–Crippen LogP) is 2.07. The first kappa shape index (κ1) is 14.4. The Morgan fingerprint density at radius 1 is 1.44 bits per heavy atom. The molecule has 0 radical (unpaired) electrons. The lowest BCUT2D eigenvalue weighted by Crippen LogP contribution is -2.50. The molecule has 1 aromatic heterocycles. The lowest BCUT2D eigenvalue weighted by molar-refractivity contribution is -0.141. The summed E-state index contributed by atoms with van der Waals surface area (Å²) in [6.45, 7) is 7.06. The van der Waals surface area contributed by atoms with Crippen LogP contribution in [0.5, 0.6) is 0 Å². The molecule has 0 aliphatic heterocycles. The lowest BCUT2D eigenvalue weighted by Gasteiger charge is -2.27. The van der Waals surface area contributed by atoms with Gasteiger partial charge in [0.2, 0.25) is 0 Å². The minimum Gasteiger partial charge on any atom is -0.480 e. The molecule has 0 bridgehead atoms. The van der Waals surface area contributed by atoms with Crippen LogP contribution in [-0.2, 0) is 4.79 Å². The van der Waals surface area contributed by atoms with Gasteiger partial charge in [0.05, 0.1) is 5.69 Å². The second kappa shape index (κ2) is 5.34. The van der Waals surface area contributed by atoms with Crippen LogP contribution in [0.15, 0.2) is 5.38 Å². The third-order valence-electron chi connectivity index (χ3n) is 2.23. The van der Waals surface area contributed by atoms with E-state index in [0.717, 1.165) is 5.69 Å². The first-order chi connectivity index (χ1) is 8.20. The number of aromatic nitrogens is 1. The van der Waals surface area contributed by atoms with E-state index in [1.54, 1.807) is 26.2 Å². The zero-order chi connectivity index (χ0) is 13.9. The molecular formula is C11H17N3O3S. The van der Waals surface area contributed by atoms with Gasteiger partial charge in [0.15, 0.2) is 5.13 Å². The monoisotopic (exact) mass is 271 g/mol. The van der Waals surface area contributed by atoms with E-state index in [0.29, 0.717) is 5.13 Å². The molecule has 0 aliphatic rings. The van der Waals surface area contributed by atoms with Gasteiger partial charge in [-0.1, -0.05) is 20.8 Å². The molecule has 3 N–H and O–H groups in total. The van der Waals surface area contributed by atoms with Gasteiger partial charge in [-0.3, -0.25) is 5.32 Å². The Balaban J connectivity index is 2.65. The molecule has 0 fully saturated rings. The minimum atomic E-state index is -1.06. The van der Waals surface area contributed by atoms with Gasteiger partial charge in [0, 0.05) is 5.38 Å². The molecule has 0 spiro atoms. The smallest absolute Gasteiger partial charge is 0.326 e. The highest BCUT2D eigenvalue weighted by Gasteiger charge is 2.32. The molecule has 0 aromatic carbocycles. The van der Waals surface area contributed by atoms with Gasteiger partial charge in [-0.25, -0.2) is 14.6 Å². The molecule has 6 nitrogen and oxygen atoms in total. The van der Waals surface area contributed by atoms with E-state index < -0.39 is 23.5 Å². The van der Waals surface area contributed by atoms with Crippen LogP contribution in [0.1, 0.15) is 26.5 Å². The van der Waals surface area contributed by atoms with Crippen LogP contribution in [-0.4, -0.2) is 28.1 Å². The maximum absolute atomic E-state index is 11.7. The Morgan fingerprint density at radius 2 is 2.06 bits per heavy atom. The van der Waals surface area contributed by atoms with Crippen molar-refractivity contribution in [1.82, 2.24) is 10.3 Å². The third kappa shape index (κ3) is 3.99. The summed E-state index contributed by atoms with van der Waals surface area (Å²) in [6, 6.07) is -1.52. The fraction of sp³-hybridized carbons (Fsp3) is 0.545. The van der Waals surface area contributed by atoms with Crippen LogP contribution >= 0.6 is 11.3 Å². The largest absolute Gasteiger partial charge is 0.480 e. The van der Waals surface area contributed by atoms with Crippen LogP contribution < -0.4 is 10.6 Å². The molecule has 1 heterocycles. The van der Waals surface area contributed by atoms with Crippen molar-refractivity contribution >= 4 is 28.5 Å². The van der Waals surface area contributed by atoms with E-state index >= 15 is 0 Å². The number of hydrogen-bond donors (Lipinski definition) is 3. The minimum absolute atomic E-state index is 0.447. The fourth-order valence-electron chi connectivity index (χ4n) is 1.32. The molecule has 7 heteroatoms. The van der Waals surface area contributed by atoms with E-state index in [1.165, 1.54) is 11.3 Å². The second-order valence-electron chi connectivity index (χ2n) is 5.03. The number of urea groups is 1. The number of carbonyl (C=O) groups excluding carboxylic acids is 1. The number of anilines is 1. The number of carboxylic acids is 1. The zero-order valence-electron chi connectivity index (χ0n) is 10.8. The summed E-state index contributed by atoms with van der Waals surface area (Å²) in [5.74, 6) is -1.06. The summed E-state index contributed by atoms with van der Waals surface area (Å²) in [5.41, 5.74) is 0.239. The Bertz CT molecular complexity index is 451. The molecule has 0 saturated heterocycles. The Hall–Kier alpha value is -1.63. The summed E-state index contributed by atoms with van der Waals surface area (Å²) in [6.07, 6.45) is 0. The van der Waals surface area contributed by atoms with Gasteiger partial charge in [0.25, 0.3) is 0 Å². The molecular weight excluding hydrogens is 254 g/mol. The Morgan fingerprint density at radius 3 is 2.44 bits per heavy atom. The summed E-state index contributed by atoms with van der Waals surface area (Å²) in [5, 5.41) is 16.3. The Kier molecular flexibility index (Phi) is 4.28. The molecule has 1 atom stereocenters. The van der Waals surface area contributed by atoms with Crippen molar-refractivity contribution < 1.29 is 14.7 Å². The zero-order valence-corrected chi connectivity index (χ0v) is 11.6. The van der Waals surface area contributed by atoms with Gasteiger partial charge in [-0.2, -0.15) is 0 Å². The number of aliphatic carboxylic acids is 1. The predicted molar refractivity (Wildman–Crippen MR) is 69.9 cm³/mol. The number of nitrogens with zero attached hydrogens (tertiary/aromatic N) is 1. The van der Waals surface area contributed by atoms with Crippen molar-refractivity contribution in [3.8, 4) is 0 Å². The number of carbonyl (C=O) groups is 2. The van der Waals surface area contributed by atoms with Crippen molar-refractivity contribution in [2.24, 2.45) is 5.41 Å². The quantitative estimate of drug-likeness (QED) is 0.784. The topological polar surface area (TPSA) is 91.3 Å². The number of hydrogen-bond acceptors (Lipinski definition) is 4. The van der Waals surface area contributed by atoms with Crippen molar-refractivity contribution in [3.63, 3.8) is 0 Å². The second-order valence-corrected chi connectivity index (χ2v) is 5.89. The van der Waals surface area contributed by atoms with Crippen LogP contribution in [0.3, 0.4) is 0 Å². The van der Waals surface area contributed by atoms with Crippen LogP contribution in [0.4, 0.5) is 9.93 Å². The molecule has 18 heavy (non-hydrogen) atoms. The number of carboxylic acid groups (broad SMARTS) is 1. The molecule has 100 valence electrons. The molecule has 1 aromatic rings. The van der Waals surface area contributed by atoms with Gasteiger partial charge < -0.3 is 10.4 Å². The highest BCUT2D eigenvalue weighted by Crippen LogP contribution is 2.20. The van der Waals surface area contributed by atoms with E-state index in [4.69, 9.17) is 5.11 Å². The number of rotatable bonds is 3. The van der Waals surface area contributed by atoms with Crippen molar-refractivity contribution in [2.75, 3.05) is 5.32 Å². The SMILES string of the molecule is Cc1csc(NC(=O)N[C@H](C(=O)O)C(C)(C)C)n1. The van der Waals surface area contributed by atoms with Crippen molar-refractivity contribution in [1.29, 1.82) is 0 Å². The van der Waals surface area contributed by atoms with E-state index in [2.05, 4.69) is 15.6 Å². The van der Waals surface area contributed by atoms with Crippen LogP contribution in [0.25, 0.3) is 0 Å². The average Bonchev–Trinajstić information content (AvgIpc) is 2.58. The highest BCUT2D eigenvalue weighted by molar-refractivity contribution is 7.13.